The molecule has 0 aliphatic carbocycles. The molecule has 112 valence electrons. The van der Waals surface area contributed by atoms with Crippen LogP contribution < -0.4 is 5.32 Å². The molecule has 7 nitrogen and oxygen atoms in total. The van der Waals surface area contributed by atoms with E-state index in [0.29, 0.717) is 5.56 Å². The van der Waals surface area contributed by atoms with Crippen LogP contribution in [0.5, 0.6) is 5.75 Å². The van der Waals surface area contributed by atoms with E-state index in [1.807, 2.05) is 0 Å². The van der Waals surface area contributed by atoms with Crippen molar-refractivity contribution in [2.75, 3.05) is 6.54 Å². The standard InChI is InChI=1S/C14H16N2O5/c1-14(2,3)21-13(18)15-8-4-5-10-6-7-12(17)11(9-10)16(19)20/h6-7,9,17H,8H2,1-3H3,(H,15,18). The number of phenolic OH excluding ortho intramolecular Hbond substituents is 1. The highest BCUT2D eigenvalue weighted by molar-refractivity contribution is 5.68. The Morgan fingerprint density at radius 2 is 2.14 bits per heavy atom. The van der Waals surface area contributed by atoms with E-state index in [0.717, 1.165) is 6.07 Å². The largest absolute Gasteiger partial charge is 0.502 e. The Bertz CT molecular complexity index is 608. The van der Waals surface area contributed by atoms with Gasteiger partial charge in [0.1, 0.15) is 5.60 Å². The van der Waals surface area contributed by atoms with E-state index in [4.69, 9.17) is 4.74 Å². The molecule has 0 heterocycles. The van der Waals surface area contributed by atoms with Gasteiger partial charge in [-0.1, -0.05) is 11.8 Å². The van der Waals surface area contributed by atoms with Gasteiger partial charge in [-0.15, -0.1) is 0 Å². The summed E-state index contributed by atoms with van der Waals surface area (Å²) in [5.41, 5.74) is -0.637. The van der Waals surface area contributed by atoms with Gasteiger partial charge in [-0.2, -0.15) is 0 Å². The number of hydrogen-bond acceptors (Lipinski definition) is 5. The molecule has 1 rings (SSSR count). The van der Waals surface area contributed by atoms with Crippen LogP contribution in [-0.2, 0) is 4.74 Å². The van der Waals surface area contributed by atoms with Crippen LogP contribution in [0.3, 0.4) is 0 Å². The average molecular weight is 292 g/mol. The first kappa shape index (κ1) is 16.3. The molecule has 0 unspecified atom stereocenters. The topological polar surface area (TPSA) is 102 Å². The van der Waals surface area contributed by atoms with Crippen molar-refractivity contribution >= 4 is 11.8 Å². The van der Waals surface area contributed by atoms with E-state index in [-0.39, 0.29) is 6.54 Å². The van der Waals surface area contributed by atoms with Gasteiger partial charge in [-0.05, 0) is 32.9 Å². The molecule has 0 fully saturated rings. The van der Waals surface area contributed by atoms with E-state index in [1.165, 1.54) is 12.1 Å². The summed E-state index contributed by atoms with van der Waals surface area (Å²) in [6.45, 7) is 5.28. The number of nitrogens with one attached hydrogen (secondary N) is 1. The Kier molecular flexibility index (Phi) is 5.13. The zero-order valence-electron chi connectivity index (χ0n) is 12.0. The number of nitro benzene ring substituents is 1. The van der Waals surface area contributed by atoms with Gasteiger partial charge in [-0.3, -0.25) is 10.1 Å². The molecule has 1 aromatic carbocycles. The molecule has 0 saturated carbocycles. The number of amides is 1. The molecular weight excluding hydrogens is 276 g/mol. The van der Waals surface area contributed by atoms with E-state index < -0.39 is 28.1 Å². The summed E-state index contributed by atoms with van der Waals surface area (Å²) in [6, 6.07) is 3.81. The van der Waals surface area contributed by atoms with Crippen molar-refractivity contribution in [1.29, 1.82) is 0 Å². The van der Waals surface area contributed by atoms with Crippen molar-refractivity contribution in [3.63, 3.8) is 0 Å². The van der Waals surface area contributed by atoms with Gasteiger partial charge in [0.2, 0.25) is 0 Å². The highest BCUT2D eigenvalue weighted by Crippen LogP contribution is 2.25. The second kappa shape index (κ2) is 6.61. The monoisotopic (exact) mass is 292 g/mol. The molecule has 21 heavy (non-hydrogen) atoms. The Labute approximate surface area is 122 Å². The maximum absolute atomic E-state index is 11.3. The molecule has 0 bridgehead atoms. The predicted octanol–water partition coefficient (Wildman–Crippen LogP) is 2.18. The molecule has 0 aromatic heterocycles. The highest BCUT2D eigenvalue weighted by Gasteiger charge is 2.15. The lowest BCUT2D eigenvalue weighted by atomic mass is 10.2. The summed E-state index contributed by atoms with van der Waals surface area (Å²) >= 11 is 0. The van der Waals surface area contributed by atoms with E-state index >= 15 is 0 Å². The SMILES string of the molecule is CC(C)(C)OC(=O)NCC#Cc1ccc(O)c([N+](=O)[O-])c1. The molecule has 0 atom stereocenters. The molecule has 2 N–H and O–H groups in total. The first-order valence-corrected chi connectivity index (χ1v) is 6.12. The van der Waals surface area contributed by atoms with Crippen molar-refractivity contribution in [2.45, 2.75) is 26.4 Å². The van der Waals surface area contributed by atoms with Crippen molar-refractivity contribution in [3.05, 3.63) is 33.9 Å². The molecule has 0 radical (unpaired) electrons. The molecule has 7 heteroatoms. The summed E-state index contributed by atoms with van der Waals surface area (Å²) in [4.78, 5) is 21.3. The number of alkyl carbamates (subject to hydrolysis) is 1. The Morgan fingerprint density at radius 1 is 1.48 bits per heavy atom. The minimum absolute atomic E-state index is 0.0452. The number of hydrogen-bond donors (Lipinski definition) is 2. The lowest BCUT2D eigenvalue weighted by Gasteiger charge is -2.18. The summed E-state index contributed by atoms with van der Waals surface area (Å²) in [5, 5.41) is 22.4. The van der Waals surface area contributed by atoms with Gasteiger partial charge in [0.15, 0.2) is 5.75 Å². The second-order valence-corrected chi connectivity index (χ2v) is 5.12. The molecular formula is C14H16N2O5. The number of carbonyl (C=O) groups is 1. The van der Waals surface area contributed by atoms with Gasteiger partial charge in [0.05, 0.1) is 11.5 Å². The summed E-state index contributed by atoms with van der Waals surface area (Å²) in [5.74, 6) is 4.87. The van der Waals surface area contributed by atoms with Crippen LogP contribution in [0.4, 0.5) is 10.5 Å². The van der Waals surface area contributed by atoms with Gasteiger partial charge < -0.3 is 15.2 Å². The van der Waals surface area contributed by atoms with Crippen LogP contribution in [-0.4, -0.2) is 28.3 Å². The third-order valence-electron chi connectivity index (χ3n) is 2.12. The van der Waals surface area contributed by atoms with Crippen LogP contribution in [0.2, 0.25) is 0 Å². The normalized spacial score (nSPS) is 10.2. The number of carbonyl (C=O) groups excluding carboxylic acids is 1. The maximum atomic E-state index is 11.3. The molecule has 1 aromatic rings. The molecule has 0 saturated heterocycles. The van der Waals surface area contributed by atoms with Crippen molar-refractivity contribution in [2.24, 2.45) is 0 Å². The number of aromatic hydroxyl groups is 1. The lowest BCUT2D eigenvalue weighted by Crippen LogP contribution is -2.32. The number of rotatable bonds is 2. The van der Waals surface area contributed by atoms with Crippen molar-refractivity contribution in [3.8, 4) is 17.6 Å². The molecule has 0 aliphatic rings. The van der Waals surface area contributed by atoms with Crippen LogP contribution in [0, 0.1) is 22.0 Å². The first-order chi connectivity index (χ1) is 9.69. The quantitative estimate of drug-likeness (QED) is 0.494. The van der Waals surface area contributed by atoms with Crippen LogP contribution in [0.15, 0.2) is 18.2 Å². The lowest BCUT2D eigenvalue weighted by molar-refractivity contribution is -0.385. The minimum atomic E-state index is -0.695. The number of phenols is 1. The Hall–Kier alpha value is -2.75. The van der Waals surface area contributed by atoms with E-state index in [9.17, 15) is 20.0 Å². The van der Waals surface area contributed by atoms with Crippen LogP contribution >= 0.6 is 0 Å². The third-order valence-corrected chi connectivity index (χ3v) is 2.12. The van der Waals surface area contributed by atoms with Gasteiger partial charge in [0.25, 0.3) is 0 Å². The smallest absolute Gasteiger partial charge is 0.408 e. The number of benzene rings is 1. The average Bonchev–Trinajstić information content (AvgIpc) is 2.34. The van der Waals surface area contributed by atoms with Crippen molar-refractivity contribution < 1.29 is 19.6 Å². The summed E-state index contributed by atoms with van der Waals surface area (Å²) in [6.07, 6.45) is -0.589. The fourth-order valence-electron chi connectivity index (χ4n) is 1.32. The molecule has 0 aliphatic heterocycles. The minimum Gasteiger partial charge on any atom is -0.502 e. The highest BCUT2D eigenvalue weighted by atomic mass is 16.6. The fraction of sp³-hybridized carbons (Fsp3) is 0.357. The first-order valence-electron chi connectivity index (χ1n) is 6.12. The number of nitrogens with zero attached hydrogens (tertiary/aromatic N) is 1. The Balaban J connectivity index is 2.62. The maximum Gasteiger partial charge on any atom is 0.408 e. The van der Waals surface area contributed by atoms with Crippen LogP contribution in [0.25, 0.3) is 0 Å². The second-order valence-electron chi connectivity index (χ2n) is 5.12. The zero-order chi connectivity index (χ0) is 16.0. The number of ether oxygens (including phenoxy) is 1. The van der Waals surface area contributed by atoms with E-state index in [2.05, 4.69) is 17.2 Å². The summed E-state index contributed by atoms with van der Waals surface area (Å²) in [7, 11) is 0. The van der Waals surface area contributed by atoms with Gasteiger partial charge >= 0.3 is 11.8 Å². The third kappa shape index (κ3) is 5.82. The van der Waals surface area contributed by atoms with Crippen molar-refractivity contribution in [1.82, 2.24) is 5.32 Å². The van der Waals surface area contributed by atoms with Crippen LogP contribution in [0.1, 0.15) is 26.3 Å². The van der Waals surface area contributed by atoms with E-state index in [1.54, 1.807) is 20.8 Å². The predicted molar refractivity (Wildman–Crippen MR) is 75.9 cm³/mol. The fourth-order valence-corrected chi connectivity index (χ4v) is 1.32. The zero-order valence-corrected chi connectivity index (χ0v) is 12.0. The summed E-state index contributed by atoms with van der Waals surface area (Å²) < 4.78 is 5.02. The Morgan fingerprint density at radius 3 is 2.71 bits per heavy atom. The molecule has 1 amide bonds. The van der Waals surface area contributed by atoms with Gasteiger partial charge in [0, 0.05) is 11.6 Å². The number of nitro groups is 1. The van der Waals surface area contributed by atoms with Gasteiger partial charge in [-0.25, -0.2) is 4.79 Å². The molecule has 0 spiro atoms.